The molecule has 0 aliphatic carbocycles. The predicted molar refractivity (Wildman–Crippen MR) is 88.2 cm³/mol. The first-order valence-electron chi connectivity index (χ1n) is 8.14. The van der Waals surface area contributed by atoms with Gasteiger partial charge in [0, 0.05) is 13.1 Å². The third-order valence-electron chi connectivity index (χ3n) is 4.18. The Labute approximate surface area is 137 Å². The lowest BCUT2D eigenvalue weighted by Gasteiger charge is -2.35. The highest BCUT2D eigenvalue weighted by molar-refractivity contribution is 5.28. The van der Waals surface area contributed by atoms with Gasteiger partial charge in [-0.2, -0.15) is 0 Å². The molecule has 1 aliphatic rings. The first-order chi connectivity index (χ1) is 11.0. The zero-order valence-electron chi connectivity index (χ0n) is 14.4. The van der Waals surface area contributed by atoms with Crippen molar-refractivity contribution in [2.24, 2.45) is 0 Å². The highest BCUT2D eigenvalue weighted by Gasteiger charge is 2.32. The lowest BCUT2D eigenvalue weighted by Crippen LogP contribution is -2.41. The molecule has 2 heterocycles. The zero-order chi connectivity index (χ0) is 16.4. The number of ether oxygens (including phenoxy) is 1. The van der Waals surface area contributed by atoms with Crippen LogP contribution in [0.15, 0.2) is 24.3 Å². The van der Waals surface area contributed by atoms with E-state index >= 15 is 0 Å². The van der Waals surface area contributed by atoms with E-state index in [-0.39, 0.29) is 11.6 Å². The summed E-state index contributed by atoms with van der Waals surface area (Å²) in [6.07, 6.45) is 0. The van der Waals surface area contributed by atoms with Crippen LogP contribution >= 0.6 is 0 Å². The van der Waals surface area contributed by atoms with Crippen molar-refractivity contribution in [1.82, 2.24) is 25.1 Å². The average molecular weight is 315 g/mol. The van der Waals surface area contributed by atoms with E-state index < -0.39 is 0 Å². The maximum Gasteiger partial charge on any atom is 0.173 e. The van der Waals surface area contributed by atoms with Gasteiger partial charge in [-0.15, -0.1) is 5.10 Å². The first-order valence-corrected chi connectivity index (χ1v) is 8.14. The molecule has 1 aliphatic heterocycles. The average Bonchev–Trinajstić information content (AvgIpc) is 3.00. The van der Waals surface area contributed by atoms with E-state index in [1.165, 1.54) is 11.1 Å². The van der Waals surface area contributed by atoms with Crippen LogP contribution in [0.25, 0.3) is 0 Å². The summed E-state index contributed by atoms with van der Waals surface area (Å²) in [4.78, 5) is 2.40. The van der Waals surface area contributed by atoms with Gasteiger partial charge in [-0.3, -0.25) is 4.90 Å². The van der Waals surface area contributed by atoms with Crippen molar-refractivity contribution in [3.8, 4) is 0 Å². The van der Waals surface area contributed by atoms with E-state index in [0.29, 0.717) is 0 Å². The zero-order valence-corrected chi connectivity index (χ0v) is 14.4. The van der Waals surface area contributed by atoms with Crippen LogP contribution in [0.5, 0.6) is 0 Å². The molecule has 0 radical (unpaired) electrons. The van der Waals surface area contributed by atoms with E-state index in [2.05, 4.69) is 72.4 Å². The molecular formula is C17H25N5O. The number of benzene rings is 1. The summed E-state index contributed by atoms with van der Waals surface area (Å²) >= 11 is 0. The molecular weight excluding hydrogens is 290 g/mol. The smallest absolute Gasteiger partial charge is 0.173 e. The van der Waals surface area contributed by atoms with Gasteiger partial charge in [-0.1, -0.05) is 29.8 Å². The topological polar surface area (TPSA) is 56.1 Å². The molecule has 1 unspecified atom stereocenters. The van der Waals surface area contributed by atoms with Gasteiger partial charge in [0.05, 0.1) is 24.8 Å². The molecule has 124 valence electrons. The molecule has 0 saturated carbocycles. The highest BCUT2D eigenvalue weighted by atomic mass is 16.5. The van der Waals surface area contributed by atoms with Crippen LogP contribution in [0.2, 0.25) is 0 Å². The van der Waals surface area contributed by atoms with Gasteiger partial charge in [-0.25, -0.2) is 4.68 Å². The minimum Gasteiger partial charge on any atom is -0.379 e. The summed E-state index contributed by atoms with van der Waals surface area (Å²) in [5.41, 5.74) is 2.32. The molecule has 0 amide bonds. The molecule has 1 saturated heterocycles. The molecule has 23 heavy (non-hydrogen) atoms. The standard InChI is InChI=1S/C17H25N5O/c1-13-5-7-14(8-6-13)15(21-9-11-23-12-10-21)16-18-19-20-22(16)17(2,3)4/h5-8,15H,9-12H2,1-4H3. The van der Waals surface area contributed by atoms with E-state index in [9.17, 15) is 0 Å². The summed E-state index contributed by atoms with van der Waals surface area (Å²) in [5, 5.41) is 12.6. The van der Waals surface area contributed by atoms with E-state index in [1.807, 2.05) is 4.68 Å². The first kappa shape index (κ1) is 16.1. The third kappa shape index (κ3) is 3.43. The maximum atomic E-state index is 5.52. The number of aromatic nitrogens is 4. The van der Waals surface area contributed by atoms with E-state index in [4.69, 9.17) is 4.74 Å². The Morgan fingerprint density at radius 1 is 1.09 bits per heavy atom. The van der Waals surface area contributed by atoms with Crippen LogP contribution < -0.4 is 0 Å². The number of hydrogen-bond acceptors (Lipinski definition) is 5. The summed E-state index contributed by atoms with van der Waals surface area (Å²) in [6.45, 7) is 11.7. The molecule has 2 aromatic rings. The Balaban J connectivity index is 2.05. The summed E-state index contributed by atoms with van der Waals surface area (Å²) in [5.74, 6) is 0.892. The lowest BCUT2D eigenvalue weighted by atomic mass is 10.0. The number of hydrogen-bond donors (Lipinski definition) is 0. The minimum absolute atomic E-state index is 0.0497. The van der Waals surface area contributed by atoms with Crippen molar-refractivity contribution < 1.29 is 4.74 Å². The summed E-state index contributed by atoms with van der Waals surface area (Å²) < 4.78 is 7.46. The molecule has 1 fully saturated rings. The molecule has 3 rings (SSSR count). The Morgan fingerprint density at radius 3 is 2.35 bits per heavy atom. The van der Waals surface area contributed by atoms with Gasteiger partial charge in [0.25, 0.3) is 0 Å². The van der Waals surface area contributed by atoms with Gasteiger partial charge in [0.15, 0.2) is 5.82 Å². The number of nitrogens with zero attached hydrogens (tertiary/aromatic N) is 5. The predicted octanol–water partition coefficient (Wildman–Crippen LogP) is 2.16. The number of rotatable bonds is 3. The van der Waals surface area contributed by atoms with Crippen LogP contribution in [-0.2, 0) is 10.3 Å². The fourth-order valence-electron chi connectivity index (χ4n) is 2.95. The van der Waals surface area contributed by atoms with Crippen molar-refractivity contribution in [2.75, 3.05) is 26.3 Å². The largest absolute Gasteiger partial charge is 0.379 e. The van der Waals surface area contributed by atoms with Crippen LogP contribution in [0.4, 0.5) is 0 Å². The number of aryl methyl sites for hydroxylation is 1. The second-order valence-electron chi connectivity index (χ2n) is 7.08. The monoisotopic (exact) mass is 315 g/mol. The molecule has 6 nitrogen and oxygen atoms in total. The van der Waals surface area contributed by atoms with Gasteiger partial charge >= 0.3 is 0 Å². The molecule has 1 aromatic carbocycles. The van der Waals surface area contributed by atoms with Crippen LogP contribution in [0, 0.1) is 6.92 Å². The maximum absolute atomic E-state index is 5.52. The Hall–Kier alpha value is -1.79. The van der Waals surface area contributed by atoms with Crippen molar-refractivity contribution >= 4 is 0 Å². The normalized spacial score (nSPS) is 18.1. The fourth-order valence-corrected chi connectivity index (χ4v) is 2.95. The van der Waals surface area contributed by atoms with Crippen LogP contribution in [0.3, 0.4) is 0 Å². The number of morpholine rings is 1. The van der Waals surface area contributed by atoms with Gasteiger partial charge in [0.2, 0.25) is 0 Å². The SMILES string of the molecule is Cc1ccc(C(c2nnnn2C(C)(C)C)N2CCOCC2)cc1. The Morgan fingerprint density at radius 2 is 1.74 bits per heavy atom. The van der Waals surface area contributed by atoms with Crippen molar-refractivity contribution in [3.05, 3.63) is 41.2 Å². The molecule has 1 aromatic heterocycles. The molecule has 0 N–H and O–H groups in total. The fraction of sp³-hybridized carbons (Fsp3) is 0.588. The van der Waals surface area contributed by atoms with Gasteiger partial charge in [-0.05, 0) is 43.7 Å². The summed E-state index contributed by atoms with van der Waals surface area (Å²) in [7, 11) is 0. The highest BCUT2D eigenvalue weighted by Crippen LogP contribution is 2.30. The molecule has 0 bridgehead atoms. The van der Waals surface area contributed by atoms with Crippen LogP contribution in [-0.4, -0.2) is 51.4 Å². The Bertz CT molecular complexity index is 638. The van der Waals surface area contributed by atoms with Gasteiger partial charge < -0.3 is 4.74 Å². The second kappa shape index (κ2) is 6.37. The van der Waals surface area contributed by atoms with E-state index in [0.717, 1.165) is 32.1 Å². The molecule has 0 spiro atoms. The van der Waals surface area contributed by atoms with Crippen LogP contribution in [0.1, 0.15) is 43.8 Å². The molecule has 6 heteroatoms. The minimum atomic E-state index is -0.159. The van der Waals surface area contributed by atoms with Crippen molar-refractivity contribution in [3.63, 3.8) is 0 Å². The van der Waals surface area contributed by atoms with Crippen molar-refractivity contribution in [1.29, 1.82) is 0 Å². The lowest BCUT2D eigenvalue weighted by molar-refractivity contribution is 0.0208. The van der Waals surface area contributed by atoms with Gasteiger partial charge in [0.1, 0.15) is 0 Å². The quantitative estimate of drug-likeness (QED) is 0.869. The molecule has 1 atom stereocenters. The number of tetrazole rings is 1. The van der Waals surface area contributed by atoms with E-state index in [1.54, 1.807) is 0 Å². The third-order valence-corrected chi connectivity index (χ3v) is 4.18. The second-order valence-corrected chi connectivity index (χ2v) is 7.08. The van der Waals surface area contributed by atoms with Crippen molar-refractivity contribution in [2.45, 2.75) is 39.3 Å². The summed E-state index contributed by atoms with van der Waals surface area (Å²) in [6, 6.07) is 8.70. The Kier molecular flexibility index (Phi) is 4.46.